The van der Waals surface area contributed by atoms with Crippen LogP contribution in [0, 0.1) is 0 Å². The zero-order valence-corrected chi connectivity index (χ0v) is 19.7. The molecule has 2 unspecified atom stereocenters. The first-order valence-corrected chi connectivity index (χ1v) is 11.6. The highest BCUT2D eigenvalue weighted by molar-refractivity contribution is 6.09. The summed E-state index contributed by atoms with van der Waals surface area (Å²) in [6.45, 7) is 6.47. The van der Waals surface area contributed by atoms with Crippen molar-refractivity contribution in [1.82, 2.24) is 9.55 Å². The van der Waals surface area contributed by atoms with Gasteiger partial charge in [0.2, 0.25) is 0 Å². The average molecular weight is 463 g/mol. The minimum absolute atomic E-state index is 0.0262. The van der Waals surface area contributed by atoms with Crippen molar-refractivity contribution in [1.29, 1.82) is 0 Å². The summed E-state index contributed by atoms with van der Waals surface area (Å²) in [4.78, 5) is 43.2. The van der Waals surface area contributed by atoms with E-state index >= 15 is 0 Å². The molecule has 178 valence electrons. The second-order valence-electron chi connectivity index (χ2n) is 8.71. The van der Waals surface area contributed by atoms with Crippen LogP contribution in [0.3, 0.4) is 0 Å². The lowest BCUT2D eigenvalue weighted by molar-refractivity contribution is 0.0980. The fourth-order valence-electron chi connectivity index (χ4n) is 4.29. The van der Waals surface area contributed by atoms with Crippen LogP contribution in [-0.2, 0) is 13.1 Å². The van der Waals surface area contributed by atoms with Crippen LogP contribution in [-0.4, -0.2) is 21.6 Å². The number of H-pyrrole nitrogens is 1. The van der Waals surface area contributed by atoms with Crippen molar-refractivity contribution in [3.8, 4) is 5.75 Å². The van der Waals surface area contributed by atoms with E-state index in [-0.39, 0.29) is 30.1 Å². The van der Waals surface area contributed by atoms with E-state index in [2.05, 4.69) is 11.9 Å². The number of amides is 1. The molecule has 2 aromatic carbocycles. The van der Waals surface area contributed by atoms with Crippen LogP contribution in [0.4, 0.5) is 11.5 Å². The number of unbranched alkanes of at least 4 members (excludes halogenated alkanes) is 1. The largest absolute Gasteiger partial charge is 0.489 e. The van der Waals surface area contributed by atoms with Crippen LogP contribution < -0.4 is 26.6 Å². The third-order valence-corrected chi connectivity index (χ3v) is 6.42. The summed E-state index contributed by atoms with van der Waals surface area (Å²) in [5.41, 5.74) is 7.17. The lowest BCUT2D eigenvalue weighted by Gasteiger charge is -2.25. The Morgan fingerprint density at radius 3 is 2.56 bits per heavy atom. The van der Waals surface area contributed by atoms with Gasteiger partial charge in [0, 0.05) is 18.0 Å². The van der Waals surface area contributed by atoms with Gasteiger partial charge in [-0.3, -0.25) is 24.0 Å². The van der Waals surface area contributed by atoms with Crippen molar-refractivity contribution in [3.05, 3.63) is 86.1 Å². The van der Waals surface area contributed by atoms with Crippen molar-refractivity contribution < 1.29 is 9.53 Å². The summed E-state index contributed by atoms with van der Waals surface area (Å²) in [7, 11) is 0. The van der Waals surface area contributed by atoms with E-state index < -0.39 is 17.2 Å². The molecule has 3 N–H and O–H groups in total. The Morgan fingerprint density at radius 2 is 1.85 bits per heavy atom. The Kier molecular flexibility index (Phi) is 6.58. The third kappa shape index (κ3) is 4.23. The molecule has 4 rings (SSSR count). The van der Waals surface area contributed by atoms with Gasteiger partial charge in [0.1, 0.15) is 17.7 Å². The standard InChI is InChI=1S/C26H30N4O4/c1-4-5-14-29-23(27)21(24(31)28-26(29)33)30(15-18-10-7-6-8-11-18)25(32)20-13-9-12-19-16(2)17(3)34-22(19)20/h6-13,16-17H,4-5,14-15,27H2,1-3H3,(H,28,31,33). The number of ether oxygens (including phenoxy) is 1. The fourth-order valence-corrected chi connectivity index (χ4v) is 4.29. The van der Waals surface area contributed by atoms with Gasteiger partial charge in [-0.1, -0.05) is 62.7 Å². The first-order valence-electron chi connectivity index (χ1n) is 11.6. The maximum Gasteiger partial charge on any atom is 0.330 e. The maximum atomic E-state index is 14.0. The number of hydrogen-bond donors (Lipinski definition) is 2. The quantitative estimate of drug-likeness (QED) is 0.557. The number of carbonyl (C=O) groups is 1. The van der Waals surface area contributed by atoms with Gasteiger partial charge in [-0.15, -0.1) is 0 Å². The van der Waals surface area contributed by atoms with Crippen LogP contribution in [0.25, 0.3) is 0 Å². The van der Waals surface area contributed by atoms with E-state index in [1.54, 1.807) is 6.07 Å². The summed E-state index contributed by atoms with van der Waals surface area (Å²) in [5.74, 6) is 0.219. The Bertz CT molecular complexity index is 1310. The number of fused-ring (bicyclic) bond motifs is 1. The molecule has 1 aromatic heterocycles. The van der Waals surface area contributed by atoms with Crippen molar-refractivity contribution in [2.75, 3.05) is 10.6 Å². The summed E-state index contributed by atoms with van der Waals surface area (Å²) in [5, 5.41) is 0. The molecular formula is C26H30N4O4. The number of nitrogens with one attached hydrogen (secondary N) is 1. The number of anilines is 2. The summed E-state index contributed by atoms with van der Waals surface area (Å²) < 4.78 is 7.37. The molecule has 34 heavy (non-hydrogen) atoms. The van der Waals surface area contributed by atoms with Crippen LogP contribution in [0.15, 0.2) is 58.1 Å². The molecule has 8 nitrogen and oxygen atoms in total. The zero-order chi connectivity index (χ0) is 24.4. The van der Waals surface area contributed by atoms with Crippen LogP contribution in [0.5, 0.6) is 5.75 Å². The number of nitrogens with zero attached hydrogens (tertiary/aromatic N) is 2. The van der Waals surface area contributed by atoms with Gasteiger partial charge in [-0.05, 0) is 25.0 Å². The van der Waals surface area contributed by atoms with Gasteiger partial charge in [0.05, 0.1) is 12.1 Å². The number of nitrogen functional groups attached to an aromatic ring is 1. The number of aromatic nitrogens is 2. The normalized spacial score (nSPS) is 16.7. The molecule has 0 fully saturated rings. The Hall–Kier alpha value is -3.81. The molecule has 1 aliphatic heterocycles. The lowest BCUT2D eigenvalue weighted by Crippen LogP contribution is -2.41. The Morgan fingerprint density at radius 1 is 1.12 bits per heavy atom. The minimum Gasteiger partial charge on any atom is -0.489 e. The molecule has 0 saturated carbocycles. The first kappa shape index (κ1) is 23.4. The van der Waals surface area contributed by atoms with Crippen molar-refractivity contribution in [3.63, 3.8) is 0 Å². The number of nitrogens with two attached hydrogens (primary N) is 1. The molecule has 3 aromatic rings. The van der Waals surface area contributed by atoms with Crippen molar-refractivity contribution >= 4 is 17.4 Å². The number of carbonyl (C=O) groups excluding carboxylic acids is 1. The number of benzene rings is 2. The van der Waals surface area contributed by atoms with Crippen LogP contribution in [0.2, 0.25) is 0 Å². The minimum atomic E-state index is -0.699. The predicted molar refractivity (Wildman–Crippen MR) is 133 cm³/mol. The Balaban J connectivity index is 1.87. The van der Waals surface area contributed by atoms with Crippen LogP contribution in [0.1, 0.15) is 61.0 Å². The topological polar surface area (TPSA) is 110 Å². The van der Waals surface area contributed by atoms with Crippen LogP contribution >= 0.6 is 0 Å². The van der Waals surface area contributed by atoms with Gasteiger partial charge in [-0.2, -0.15) is 0 Å². The highest BCUT2D eigenvalue weighted by atomic mass is 16.5. The molecule has 0 aliphatic carbocycles. The van der Waals surface area contributed by atoms with E-state index in [1.165, 1.54) is 9.47 Å². The maximum absolute atomic E-state index is 14.0. The smallest absolute Gasteiger partial charge is 0.330 e. The van der Waals surface area contributed by atoms with E-state index in [0.717, 1.165) is 17.5 Å². The van der Waals surface area contributed by atoms with Gasteiger partial charge in [0.15, 0.2) is 5.69 Å². The second kappa shape index (κ2) is 9.59. The van der Waals surface area contributed by atoms with Crippen molar-refractivity contribution in [2.24, 2.45) is 0 Å². The molecule has 8 heteroatoms. The molecule has 1 amide bonds. The van der Waals surface area contributed by atoms with Gasteiger partial charge >= 0.3 is 5.69 Å². The Labute approximate surface area is 198 Å². The van der Waals surface area contributed by atoms with E-state index in [4.69, 9.17) is 10.5 Å². The van der Waals surface area contributed by atoms with Crippen molar-refractivity contribution in [2.45, 2.75) is 58.7 Å². The number of hydrogen-bond acceptors (Lipinski definition) is 5. The number of rotatable bonds is 7. The highest BCUT2D eigenvalue weighted by Gasteiger charge is 2.34. The SMILES string of the molecule is CCCCn1c(N)c(N(Cc2ccccc2)C(=O)c2cccc3c2OC(C)C3C)c(=O)[nH]c1=O. The molecule has 0 bridgehead atoms. The molecule has 0 radical (unpaired) electrons. The molecular weight excluding hydrogens is 432 g/mol. The fraction of sp³-hybridized carbons (Fsp3) is 0.346. The van der Waals surface area contributed by atoms with Gasteiger partial charge in [0.25, 0.3) is 11.5 Å². The second-order valence-corrected chi connectivity index (χ2v) is 8.71. The summed E-state index contributed by atoms with van der Waals surface area (Å²) in [6.07, 6.45) is 1.48. The number of aromatic amines is 1. The first-order chi connectivity index (χ1) is 16.3. The van der Waals surface area contributed by atoms with Gasteiger partial charge in [-0.25, -0.2) is 4.79 Å². The highest BCUT2D eigenvalue weighted by Crippen LogP contribution is 2.41. The van der Waals surface area contributed by atoms with E-state index in [9.17, 15) is 14.4 Å². The van der Waals surface area contributed by atoms with E-state index in [1.807, 2.05) is 56.3 Å². The molecule has 2 atom stereocenters. The third-order valence-electron chi connectivity index (χ3n) is 6.42. The molecule has 1 aliphatic rings. The predicted octanol–water partition coefficient (Wildman–Crippen LogP) is 3.65. The molecule has 0 saturated heterocycles. The molecule has 0 spiro atoms. The zero-order valence-electron chi connectivity index (χ0n) is 19.7. The summed E-state index contributed by atoms with van der Waals surface area (Å²) in [6, 6.07) is 14.8. The molecule has 2 heterocycles. The average Bonchev–Trinajstić information content (AvgIpc) is 3.12. The monoisotopic (exact) mass is 462 g/mol. The lowest BCUT2D eigenvalue weighted by atomic mass is 9.96. The summed E-state index contributed by atoms with van der Waals surface area (Å²) >= 11 is 0. The van der Waals surface area contributed by atoms with E-state index in [0.29, 0.717) is 24.3 Å². The number of para-hydroxylation sites is 1. The van der Waals surface area contributed by atoms with Gasteiger partial charge < -0.3 is 10.5 Å².